The fourth-order valence-corrected chi connectivity index (χ4v) is 3.97. The normalized spacial score (nSPS) is 19.1. The summed E-state index contributed by atoms with van der Waals surface area (Å²) in [6.07, 6.45) is 3.95. The first kappa shape index (κ1) is 22.1. The maximum Gasteiger partial charge on any atom is 0.280 e. The number of benzene rings is 1. The average Bonchev–Trinajstić information content (AvgIpc) is 2.75. The van der Waals surface area contributed by atoms with Crippen LogP contribution in [-0.2, 0) is 16.0 Å². The van der Waals surface area contributed by atoms with E-state index in [0.717, 1.165) is 19.3 Å². The van der Waals surface area contributed by atoms with E-state index in [2.05, 4.69) is 10.4 Å². The fourth-order valence-electron chi connectivity index (χ4n) is 3.97. The third kappa shape index (κ3) is 4.59. The lowest BCUT2D eigenvalue weighted by atomic mass is 9.87. The summed E-state index contributed by atoms with van der Waals surface area (Å²) in [7, 11) is 4.72. The largest absolute Gasteiger partial charge is 0.493 e. The number of carbonyl (C=O) groups is 1. The van der Waals surface area contributed by atoms with Crippen LogP contribution in [0.5, 0.6) is 11.5 Å². The molecular weight excluding hydrogens is 386 g/mol. The molecule has 1 N–H and O–H groups in total. The molecule has 30 heavy (non-hydrogen) atoms. The van der Waals surface area contributed by atoms with Crippen LogP contribution in [0.15, 0.2) is 16.9 Å². The summed E-state index contributed by atoms with van der Waals surface area (Å²) >= 11 is 0. The molecule has 1 saturated carbocycles. The third-order valence-electron chi connectivity index (χ3n) is 5.59. The van der Waals surface area contributed by atoms with E-state index in [1.165, 1.54) is 18.9 Å². The zero-order valence-electron chi connectivity index (χ0n) is 18.4. The summed E-state index contributed by atoms with van der Waals surface area (Å²) in [5, 5.41) is 0.360. The van der Waals surface area contributed by atoms with Gasteiger partial charge in [-0.3, -0.25) is 15.0 Å². The number of fused-ring (bicyclic) bond motifs is 1. The molecule has 3 rings (SSSR count). The van der Waals surface area contributed by atoms with Crippen molar-refractivity contribution in [2.45, 2.75) is 52.1 Å². The molecule has 1 aromatic carbocycles. The van der Waals surface area contributed by atoms with Gasteiger partial charge in [-0.25, -0.2) is 9.66 Å². The summed E-state index contributed by atoms with van der Waals surface area (Å²) in [4.78, 5) is 31.0. The van der Waals surface area contributed by atoms with Crippen LogP contribution in [0.1, 0.15) is 45.4 Å². The van der Waals surface area contributed by atoms with Crippen LogP contribution < -0.4 is 20.5 Å². The number of aromatic nitrogens is 2. The molecule has 0 bridgehead atoms. The number of carbonyl (C=O) groups excluding carboxylic acids is 1. The minimum Gasteiger partial charge on any atom is -0.493 e. The van der Waals surface area contributed by atoms with Gasteiger partial charge in [-0.05, 0) is 31.2 Å². The van der Waals surface area contributed by atoms with Crippen molar-refractivity contribution in [1.82, 2.24) is 9.66 Å². The molecule has 1 fully saturated rings. The first-order valence-corrected chi connectivity index (χ1v) is 10.4. The van der Waals surface area contributed by atoms with Crippen LogP contribution in [0.4, 0.5) is 0 Å². The van der Waals surface area contributed by atoms with Crippen LogP contribution in [0.25, 0.3) is 10.9 Å². The van der Waals surface area contributed by atoms with Crippen molar-refractivity contribution >= 4 is 16.8 Å². The monoisotopic (exact) mass is 417 g/mol. The molecule has 1 aliphatic carbocycles. The lowest BCUT2D eigenvalue weighted by Crippen LogP contribution is -2.41. The highest BCUT2D eigenvalue weighted by molar-refractivity contribution is 5.87. The Balaban J connectivity index is 2.03. The predicted octanol–water partition coefficient (Wildman–Crippen LogP) is 2.89. The SMILES string of the molecule is COc1cc2nc(CC(C)C)n(NC(=O)[C@H]3CCC[C@H](OC)C3)c(=O)c2cc1OC. The van der Waals surface area contributed by atoms with E-state index in [4.69, 9.17) is 14.2 Å². The van der Waals surface area contributed by atoms with Gasteiger partial charge in [-0.2, -0.15) is 0 Å². The van der Waals surface area contributed by atoms with E-state index in [1.54, 1.807) is 19.2 Å². The molecule has 0 unspecified atom stereocenters. The number of nitrogens with zero attached hydrogens (tertiary/aromatic N) is 2. The number of nitrogens with one attached hydrogen (secondary N) is 1. The van der Waals surface area contributed by atoms with E-state index >= 15 is 0 Å². The highest BCUT2D eigenvalue weighted by Gasteiger charge is 2.28. The number of ether oxygens (including phenoxy) is 3. The molecule has 1 aromatic heterocycles. The van der Waals surface area contributed by atoms with Gasteiger partial charge in [0.1, 0.15) is 5.82 Å². The van der Waals surface area contributed by atoms with Crippen LogP contribution in [-0.4, -0.2) is 43.0 Å². The van der Waals surface area contributed by atoms with Crippen molar-refractivity contribution in [3.8, 4) is 11.5 Å². The van der Waals surface area contributed by atoms with E-state index in [0.29, 0.717) is 41.1 Å². The molecule has 0 saturated heterocycles. The lowest BCUT2D eigenvalue weighted by Gasteiger charge is -2.27. The first-order valence-electron chi connectivity index (χ1n) is 10.4. The highest BCUT2D eigenvalue weighted by Crippen LogP contribution is 2.30. The zero-order valence-corrected chi connectivity index (χ0v) is 18.4. The summed E-state index contributed by atoms with van der Waals surface area (Å²) < 4.78 is 17.4. The maximum absolute atomic E-state index is 13.3. The van der Waals surface area contributed by atoms with Gasteiger partial charge >= 0.3 is 0 Å². The Labute approximate surface area is 176 Å². The van der Waals surface area contributed by atoms with Gasteiger partial charge in [0.05, 0.1) is 31.2 Å². The molecule has 1 aliphatic rings. The zero-order chi connectivity index (χ0) is 21.8. The molecule has 164 valence electrons. The minimum absolute atomic E-state index is 0.0767. The highest BCUT2D eigenvalue weighted by atomic mass is 16.5. The Morgan fingerprint density at radius 3 is 2.53 bits per heavy atom. The van der Waals surface area contributed by atoms with Gasteiger partial charge in [0.15, 0.2) is 11.5 Å². The van der Waals surface area contributed by atoms with Crippen molar-refractivity contribution < 1.29 is 19.0 Å². The number of amides is 1. The van der Waals surface area contributed by atoms with Crippen LogP contribution in [0, 0.1) is 11.8 Å². The topological polar surface area (TPSA) is 91.7 Å². The molecule has 1 amide bonds. The van der Waals surface area contributed by atoms with Gasteiger partial charge < -0.3 is 14.2 Å². The van der Waals surface area contributed by atoms with Gasteiger partial charge in [-0.15, -0.1) is 0 Å². The summed E-state index contributed by atoms with van der Waals surface area (Å²) in [5.74, 6) is 1.34. The Morgan fingerprint density at radius 1 is 1.20 bits per heavy atom. The van der Waals surface area contributed by atoms with Gasteiger partial charge in [0.25, 0.3) is 5.56 Å². The number of rotatable bonds is 7. The molecule has 0 aliphatic heterocycles. The van der Waals surface area contributed by atoms with Crippen LogP contribution in [0.2, 0.25) is 0 Å². The predicted molar refractivity (Wildman–Crippen MR) is 115 cm³/mol. The Hall–Kier alpha value is -2.61. The summed E-state index contributed by atoms with van der Waals surface area (Å²) in [6, 6.07) is 3.29. The van der Waals surface area contributed by atoms with Crippen molar-refractivity contribution in [2.24, 2.45) is 11.8 Å². The van der Waals surface area contributed by atoms with Gasteiger partial charge in [0.2, 0.25) is 5.91 Å². The van der Waals surface area contributed by atoms with Crippen LogP contribution in [0.3, 0.4) is 0 Å². The Kier molecular flexibility index (Phi) is 6.97. The Bertz CT molecular complexity index is 969. The van der Waals surface area contributed by atoms with E-state index in [1.807, 2.05) is 13.8 Å². The number of methoxy groups -OCH3 is 3. The van der Waals surface area contributed by atoms with Crippen molar-refractivity contribution in [3.63, 3.8) is 0 Å². The molecule has 2 aromatic rings. The smallest absolute Gasteiger partial charge is 0.280 e. The van der Waals surface area contributed by atoms with E-state index < -0.39 is 0 Å². The molecule has 0 spiro atoms. The molecule has 2 atom stereocenters. The first-order chi connectivity index (χ1) is 14.4. The van der Waals surface area contributed by atoms with Gasteiger partial charge in [0, 0.05) is 25.5 Å². The summed E-state index contributed by atoms with van der Waals surface area (Å²) in [6.45, 7) is 4.09. The second-order valence-corrected chi connectivity index (χ2v) is 8.19. The second kappa shape index (κ2) is 9.47. The number of hydrogen-bond acceptors (Lipinski definition) is 6. The van der Waals surface area contributed by atoms with E-state index in [-0.39, 0.29) is 29.4 Å². The second-order valence-electron chi connectivity index (χ2n) is 8.19. The average molecular weight is 418 g/mol. The molecule has 8 heteroatoms. The maximum atomic E-state index is 13.3. The van der Waals surface area contributed by atoms with Crippen molar-refractivity contribution in [1.29, 1.82) is 0 Å². The summed E-state index contributed by atoms with van der Waals surface area (Å²) in [5.41, 5.74) is 3.01. The molecule has 8 nitrogen and oxygen atoms in total. The van der Waals surface area contributed by atoms with Crippen molar-refractivity contribution in [3.05, 3.63) is 28.3 Å². The molecule has 1 heterocycles. The lowest BCUT2D eigenvalue weighted by molar-refractivity contribution is -0.123. The molecule has 0 radical (unpaired) electrons. The molecular formula is C22H31N3O5. The quantitative estimate of drug-likeness (QED) is 0.745. The number of hydrogen-bond donors (Lipinski definition) is 1. The standard InChI is InChI=1S/C22H31N3O5/c1-13(2)9-20-23-17-12-19(30-5)18(29-4)11-16(17)22(27)25(20)24-21(26)14-7-6-8-15(10-14)28-3/h11-15H,6-10H2,1-5H3,(H,24,26)/t14-,15-/m0/s1. The van der Waals surface area contributed by atoms with E-state index in [9.17, 15) is 9.59 Å². The van der Waals surface area contributed by atoms with Crippen LogP contribution >= 0.6 is 0 Å². The van der Waals surface area contributed by atoms with Crippen molar-refractivity contribution in [2.75, 3.05) is 26.8 Å². The van der Waals surface area contributed by atoms with Gasteiger partial charge in [-0.1, -0.05) is 20.3 Å². The fraction of sp³-hybridized carbons (Fsp3) is 0.591. The Morgan fingerprint density at radius 2 is 1.90 bits per heavy atom. The minimum atomic E-state index is -0.330. The third-order valence-corrected chi connectivity index (χ3v) is 5.59.